The van der Waals surface area contributed by atoms with Crippen molar-refractivity contribution in [3.05, 3.63) is 52.8 Å². The number of hydrogen-bond acceptors (Lipinski definition) is 4. The lowest BCUT2D eigenvalue weighted by Gasteiger charge is -1.97. The summed E-state index contributed by atoms with van der Waals surface area (Å²) in [6.07, 6.45) is 0. The highest BCUT2D eigenvalue weighted by molar-refractivity contribution is 9.10. The molecule has 0 spiro atoms. The van der Waals surface area contributed by atoms with E-state index in [2.05, 4.69) is 26.1 Å². The molecule has 0 atom stereocenters. The van der Waals surface area contributed by atoms with Crippen LogP contribution in [0.4, 0.5) is 4.39 Å². The molecule has 0 aliphatic carbocycles. The van der Waals surface area contributed by atoms with Gasteiger partial charge in [-0.1, -0.05) is 17.3 Å². The number of phenols is 1. The Balaban J connectivity index is 2.02. The zero-order valence-corrected chi connectivity index (χ0v) is 11.6. The first-order chi connectivity index (χ1) is 9.65. The van der Waals surface area contributed by atoms with Crippen LogP contribution in [0, 0.1) is 5.82 Å². The fraction of sp³-hybridized carbons (Fsp3) is 0. The number of hydrogen-bond donors (Lipinski definition) is 1. The minimum Gasteiger partial charge on any atom is -0.507 e. The molecule has 1 heterocycles. The van der Waals surface area contributed by atoms with Crippen molar-refractivity contribution in [1.82, 2.24) is 10.1 Å². The van der Waals surface area contributed by atoms with Gasteiger partial charge in [0.05, 0.1) is 10.0 Å². The normalized spacial score (nSPS) is 10.7. The molecule has 0 saturated carbocycles. The first-order valence-electron chi connectivity index (χ1n) is 5.72. The SMILES string of the molecule is Oc1ccccc1-c1nc(-c2ccc(F)c(Br)c2)no1. The lowest BCUT2D eigenvalue weighted by molar-refractivity contribution is 0.425. The minimum absolute atomic E-state index is 0.0583. The summed E-state index contributed by atoms with van der Waals surface area (Å²) in [6, 6.07) is 11.1. The van der Waals surface area contributed by atoms with E-state index in [0.717, 1.165) is 0 Å². The van der Waals surface area contributed by atoms with Crippen LogP contribution >= 0.6 is 15.9 Å². The first kappa shape index (κ1) is 12.8. The zero-order chi connectivity index (χ0) is 14.1. The lowest BCUT2D eigenvalue weighted by atomic mass is 10.2. The third kappa shape index (κ3) is 2.30. The van der Waals surface area contributed by atoms with Gasteiger partial charge < -0.3 is 9.63 Å². The van der Waals surface area contributed by atoms with E-state index >= 15 is 0 Å². The quantitative estimate of drug-likeness (QED) is 0.769. The Hall–Kier alpha value is -2.21. The molecule has 3 aromatic rings. The van der Waals surface area contributed by atoms with Crippen molar-refractivity contribution in [2.24, 2.45) is 0 Å². The maximum atomic E-state index is 13.2. The van der Waals surface area contributed by atoms with Crippen LogP contribution in [-0.4, -0.2) is 15.2 Å². The molecule has 0 fully saturated rings. The van der Waals surface area contributed by atoms with E-state index in [0.29, 0.717) is 21.4 Å². The van der Waals surface area contributed by atoms with Gasteiger partial charge in [0.15, 0.2) is 0 Å². The van der Waals surface area contributed by atoms with E-state index in [-0.39, 0.29) is 17.5 Å². The standard InChI is InChI=1S/C14H8BrFN2O2/c15-10-7-8(5-6-11(10)16)13-17-14(20-18-13)9-3-1-2-4-12(9)19/h1-7,19H. The van der Waals surface area contributed by atoms with Crippen LogP contribution in [0.1, 0.15) is 0 Å². The van der Waals surface area contributed by atoms with Crippen LogP contribution in [0.15, 0.2) is 51.5 Å². The molecule has 0 saturated heterocycles. The van der Waals surface area contributed by atoms with Crippen LogP contribution < -0.4 is 0 Å². The molecular weight excluding hydrogens is 327 g/mol. The number of phenolic OH excluding ortho intramolecular Hbond substituents is 1. The van der Waals surface area contributed by atoms with Crippen LogP contribution in [0.2, 0.25) is 0 Å². The summed E-state index contributed by atoms with van der Waals surface area (Å²) in [5.74, 6) is 0.226. The Morgan fingerprint density at radius 2 is 1.95 bits per heavy atom. The van der Waals surface area contributed by atoms with E-state index in [4.69, 9.17) is 4.52 Å². The van der Waals surface area contributed by atoms with Crippen molar-refractivity contribution in [1.29, 1.82) is 0 Å². The highest BCUT2D eigenvalue weighted by Gasteiger charge is 2.14. The number of aromatic hydroxyl groups is 1. The van der Waals surface area contributed by atoms with Crippen molar-refractivity contribution in [3.63, 3.8) is 0 Å². The zero-order valence-electron chi connectivity index (χ0n) is 10.0. The molecule has 0 aliphatic heterocycles. The average molecular weight is 335 g/mol. The van der Waals surface area contributed by atoms with Crippen molar-refractivity contribution in [2.75, 3.05) is 0 Å². The second-order valence-electron chi connectivity index (χ2n) is 4.07. The van der Waals surface area contributed by atoms with Crippen molar-refractivity contribution in [2.45, 2.75) is 0 Å². The molecular formula is C14H8BrFN2O2. The largest absolute Gasteiger partial charge is 0.507 e. The van der Waals surface area contributed by atoms with Gasteiger partial charge >= 0.3 is 0 Å². The molecule has 1 N–H and O–H groups in total. The molecule has 0 amide bonds. The van der Waals surface area contributed by atoms with Gasteiger partial charge in [-0.2, -0.15) is 4.98 Å². The number of nitrogens with zero attached hydrogens (tertiary/aromatic N) is 2. The molecule has 20 heavy (non-hydrogen) atoms. The van der Waals surface area contributed by atoms with E-state index in [1.165, 1.54) is 12.1 Å². The Morgan fingerprint density at radius 3 is 2.70 bits per heavy atom. The van der Waals surface area contributed by atoms with E-state index in [9.17, 15) is 9.50 Å². The van der Waals surface area contributed by atoms with Crippen molar-refractivity contribution >= 4 is 15.9 Å². The monoisotopic (exact) mass is 334 g/mol. The smallest absolute Gasteiger partial charge is 0.261 e. The van der Waals surface area contributed by atoms with Crippen LogP contribution in [0.25, 0.3) is 22.8 Å². The Morgan fingerprint density at radius 1 is 1.15 bits per heavy atom. The first-order valence-corrected chi connectivity index (χ1v) is 6.52. The average Bonchev–Trinajstić information content (AvgIpc) is 2.92. The Kier molecular flexibility index (Phi) is 3.23. The highest BCUT2D eigenvalue weighted by Crippen LogP contribution is 2.29. The molecule has 100 valence electrons. The number of halogens is 2. The summed E-state index contributed by atoms with van der Waals surface area (Å²) >= 11 is 3.11. The minimum atomic E-state index is -0.363. The number of rotatable bonds is 2. The fourth-order valence-electron chi connectivity index (χ4n) is 1.74. The van der Waals surface area contributed by atoms with Gasteiger partial charge in [0.25, 0.3) is 5.89 Å². The molecule has 4 nitrogen and oxygen atoms in total. The molecule has 0 aliphatic rings. The third-order valence-corrected chi connectivity index (χ3v) is 3.35. The molecule has 2 aromatic carbocycles. The van der Waals surface area contributed by atoms with Gasteiger partial charge in [0.1, 0.15) is 11.6 Å². The second kappa shape index (κ2) is 5.05. The van der Waals surface area contributed by atoms with Crippen LogP contribution in [0.5, 0.6) is 5.75 Å². The van der Waals surface area contributed by atoms with Gasteiger partial charge in [0.2, 0.25) is 5.82 Å². The van der Waals surface area contributed by atoms with Crippen LogP contribution in [-0.2, 0) is 0 Å². The predicted molar refractivity (Wildman–Crippen MR) is 74.5 cm³/mol. The van der Waals surface area contributed by atoms with Gasteiger partial charge in [-0.3, -0.25) is 0 Å². The summed E-state index contributed by atoms with van der Waals surface area (Å²) in [6.45, 7) is 0. The van der Waals surface area contributed by atoms with Gasteiger partial charge in [-0.15, -0.1) is 0 Å². The summed E-state index contributed by atoms with van der Waals surface area (Å²) in [7, 11) is 0. The number of aromatic nitrogens is 2. The van der Waals surface area contributed by atoms with E-state index in [1.54, 1.807) is 30.3 Å². The van der Waals surface area contributed by atoms with E-state index in [1.807, 2.05) is 0 Å². The third-order valence-electron chi connectivity index (χ3n) is 2.74. The number of para-hydroxylation sites is 1. The predicted octanol–water partition coefficient (Wildman–Crippen LogP) is 4.01. The molecule has 0 radical (unpaired) electrons. The molecule has 0 bridgehead atoms. The van der Waals surface area contributed by atoms with Crippen LogP contribution in [0.3, 0.4) is 0 Å². The molecule has 0 unspecified atom stereocenters. The van der Waals surface area contributed by atoms with Gasteiger partial charge in [-0.05, 0) is 46.3 Å². The molecule has 3 rings (SSSR count). The number of benzene rings is 2. The van der Waals surface area contributed by atoms with Gasteiger partial charge in [-0.25, -0.2) is 4.39 Å². The van der Waals surface area contributed by atoms with Crippen molar-refractivity contribution < 1.29 is 14.0 Å². The summed E-state index contributed by atoms with van der Waals surface area (Å²) < 4.78 is 18.6. The second-order valence-corrected chi connectivity index (χ2v) is 4.92. The van der Waals surface area contributed by atoms with Gasteiger partial charge in [0, 0.05) is 5.56 Å². The fourth-order valence-corrected chi connectivity index (χ4v) is 2.12. The summed E-state index contributed by atoms with van der Waals surface area (Å²) in [5, 5.41) is 13.6. The van der Waals surface area contributed by atoms with Crippen molar-refractivity contribution in [3.8, 4) is 28.6 Å². The molecule has 1 aromatic heterocycles. The maximum absolute atomic E-state index is 13.2. The maximum Gasteiger partial charge on any atom is 0.261 e. The lowest BCUT2D eigenvalue weighted by Crippen LogP contribution is -1.84. The Bertz CT molecular complexity index is 773. The highest BCUT2D eigenvalue weighted by atomic mass is 79.9. The van der Waals surface area contributed by atoms with E-state index < -0.39 is 0 Å². The Labute approximate surface area is 122 Å². The molecule has 6 heteroatoms. The summed E-state index contributed by atoms with van der Waals surface area (Å²) in [5.41, 5.74) is 1.07. The summed E-state index contributed by atoms with van der Waals surface area (Å²) in [4.78, 5) is 4.20. The topological polar surface area (TPSA) is 59.2 Å².